The first-order valence-electron chi connectivity index (χ1n) is 8.28. The first-order valence-corrected chi connectivity index (χ1v) is 8.28. The summed E-state index contributed by atoms with van der Waals surface area (Å²) >= 11 is 0. The van der Waals surface area contributed by atoms with Crippen LogP contribution in [0.2, 0.25) is 0 Å². The number of benzene rings is 1. The van der Waals surface area contributed by atoms with Gasteiger partial charge in [0.1, 0.15) is 11.3 Å². The molecule has 0 saturated heterocycles. The van der Waals surface area contributed by atoms with Crippen molar-refractivity contribution in [2.45, 2.75) is 0 Å². The van der Waals surface area contributed by atoms with Crippen LogP contribution in [0.15, 0.2) is 42.6 Å². The molecule has 28 heavy (non-hydrogen) atoms. The highest BCUT2D eigenvalue weighted by Gasteiger charge is 2.18. The Morgan fingerprint density at radius 3 is 2.61 bits per heavy atom. The summed E-state index contributed by atoms with van der Waals surface area (Å²) in [5.41, 5.74) is 0.650. The van der Waals surface area contributed by atoms with Gasteiger partial charge in [0.05, 0.1) is 20.8 Å². The first-order chi connectivity index (χ1) is 13.4. The summed E-state index contributed by atoms with van der Waals surface area (Å²) in [6.45, 7) is -0.719. The number of methoxy groups -OCH3 is 2. The quantitative estimate of drug-likeness (QED) is 0.681. The molecule has 0 aliphatic carbocycles. The van der Waals surface area contributed by atoms with Gasteiger partial charge in [-0.3, -0.25) is 9.59 Å². The van der Waals surface area contributed by atoms with E-state index < -0.39 is 24.4 Å². The van der Waals surface area contributed by atoms with Gasteiger partial charge in [-0.1, -0.05) is 6.07 Å². The number of anilines is 1. The third-order valence-electron chi connectivity index (χ3n) is 3.67. The molecular formula is C19H21N3O6. The molecule has 148 valence electrons. The second-order valence-electron chi connectivity index (χ2n) is 5.67. The van der Waals surface area contributed by atoms with E-state index in [1.54, 1.807) is 30.3 Å². The number of carbonyl (C=O) groups is 3. The first kappa shape index (κ1) is 20.7. The number of carbonyl (C=O) groups excluding carboxylic acids is 3. The number of pyridine rings is 1. The average Bonchev–Trinajstić information content (AvgIpc) is 2.71. The molecule has 1 aromatic heterocycles. The van der Waals surface area contributed by atoms with Crippen LogP contribution in [0.25, 0.3) is 0 Å². The van der Waals surface area contributed by atoms with Gasteiger partial charge in [-0.2, -0.15) is 0 Å². The molecule has 9 nitrogen and oxygen atoms in total. The molecule has 0 aliphatic heterocycles. The predicted octanol–water partition coefficient (Wildman–Crippen LogP) is 1.35. The monoisotopic (exact) mass is 387 g/mol. The van der Waals surface area contributed by atoms with Gasteiger partial charge in [-0.05, 0) is 24.3 Å². The minimum Gasteiger partial charge on any atom is -0.497 e. The summed E-state index contributed by atoms with van der Waals surface area (Å²) in [5, 5.41) is 2.66. The second kappa shape index (κ2) is 9.91. The second-order valence-corrected chi connectivity index (χ2v) is 5.67. The van der Waals surface area contributed by atoms with Crippen molar-refractivity contribution in [2.24, 2.45) is 0 Å². The third kappa shape index (κ3) is 5.70. The summed E-state index contributed by atoms with van der Waals surface area (Å²) in [6.07, 6.45) is 1.47. The van der Waals surface area contributed by atoms with E-state index in [4.69, 9.17) is 14.2 Å². The van der Waals surface area contributed by atoms with E-state index >= 15 is 0 Å². The maximum Gasteiger partial charge on any atom is 0.344 e. The van der Waals surface area contributed by atoms with Crippen molar-refractivity contribution in [3.05, 3.63) is 48.2 Å². The standard InChI is InChI=1S/C19H21N3O6/c1-22(11-16(23)21-13-6-4-7-14(10-13)26-2)17(24)12-28-19(25)15-8-5-9-20-18(15)27-3/h4-10H,11-12H2,1-3H3,(H,21,23). The molecule has 0 unspecified atom stereocenters. The Bertz CT molecular complexity index is 855. The van der Waals surface area contributed by atoms with Gasteiger partial charge in [0.15, 0.2) is 6.61 Å². The summed E-state index contributed by atoms with van der Waals surface area (Å²) in [4.78, 5) is 41.3. The van der Waals surface area contributed by atoms with Gasteiger partial charge in [-0.15, -0.1) is 0 Å². The van der Waals surface area contributed by atoms with Crippen molar-refractivity contribution in [3.8, 4) is 11.6 Å². The summed E-state index contributed by atoms with van der Waals surface area (Å²) in [5.74, 6) is -0.972. The molecule has 0 saturated carbocycles. The molecule has 0 fully saturated rings. The fourth-order valence-electron chi connectivity index (χ4n) is 2.23. The molecule has 2 aromatic rings. The number of hydrogen-bond donors (Lipinski definition) is 1. The topological polar surface area (TPSA) is 107 Å². The van der Waals surface area contributed by atoms with E-state index in [2.05, 4.69) is 10.3 Å². The zero-order valence-electron chi connectivity index (χ0n) is 15.8. The minimum atomic E-state index is -0.743. The number of hydrogen-bond acceptors (Lipinski definition) is 7. The smallest absolute Gasteiger partial charge is 0.344 e. The van der Waals surface area contributed by atoms with Gasteiger partial charge in [-0.25, -0.2) is 9.78 Å². The Hall–Kier alpha value is -3.62. The maximum absolute atomic E-state index is 12.1. The minimum absolute atomic E-state index is 0.103. The Kier molecular flexibility index (Phi) is 7.32. The maximum atomic E-state index is 12.1. The van der Waals surface area contributed by atoms with Crippen LogP contribution < -0.4 is 14.8 Å². The van der Waals surface area contributed by atoms with Crippen LogP contribution in [0.4, 0.5) is 5.69 Å². The number of nitrogens with zero attached hydrogens (tertiary/aromatic N) is 2. The van der Waals surface area contributed by atoms with E-state index in [0.717, 1.165) is 4.90 Å². The number of ether oxygens (including phenoxy) is 3. The number of esters is 1. The van der Waals surface area contributed by atoms with Crippen LogP contribution >= 0.6 is 0 Å². The van der Waals surface area contributed by atoms with Crippen LogP contribution in [0, 0.1) is 0 Å². The summed E-state index contributed by atoms with van der Waals surface area (Å²) in [6, 6.07) is 9.86. The lowest BCUT2D eigenvalue weighted by Crippen LogP contribution is -2.37. The van der Waals surface area contributed by atoms with Crippen molar-refractivity contribution in [1.29, 1.82) is 0 Å². The summed E-state index contributed by atoms with van der Waals surface area (Å²) < 4.78 is 15.0. The fourth-order valence-corrected chi connectivity index (χ4v) is 2.23. The van der Waals surface area contributed by atoms with Gasteiger partial charge < -0.3 is 24.4 Å². The Morgan fingerprint density at radius 1 is 1.11 bits per heavy atom. The molecule has 0 atom stereocenters. The SMILES string of the molecule is COc1cccc(NC(=O)CN(C)C(=O)COC(=O)c2cccnc2OC)c1. The fraction of sp³-hybridized carbons (Fsp3) is 0.263. The largest absolute Gasteiger partial charge is 0.497 e. The Labute approximate surface area is 162 Å². The summed E-state index contributed by atoms with van der Waals surface area (Å²) in [7, 11) is 4.33. The predicted molar refractivity (Wildman–Crippen MR) is 100 cm³/mol. The Morgan fingerprint density at radius 2 is 1.89 bits per heavy atom. The molecule has 2 rings (SSSR count). The van der Waals surface area contributed by atoms with Gasteiger partial charge >= 0.3 is 5.97 Å². The molecule has 0 aliphatic rings. The molecular weight excluding hydrogens is 366 g/mol. The van der Waals surface area contributed by atoms with Gasteiger partial charge in [0.2, 0.25) is 11.8 Å². The Balaban J connectivity index is 1.85. The average molecular weight is 387 g/mol. The van der Waals surface area contributed by atoms with Crippen molar-refractivity contribution >= 4 is 23.5 Å². The highest BCUT2D eigenvalue weighted by molar-refractivity contribution is 5.96. The number of rotatable bonds is 8. The number of amides is 2. The third-order valence-corrected chi connectivity index (χ3v) is 3.67. The molecule has 1 aromatic carbocycles. The highest BCUT2D eigenvalue weighted by atomic mass is 16.5. The molecule has 2 amide bonds. The van der Waals surface area contributed by atoms with E-state index in [9.17, 15) is 14.4 Å². The van der Waals surface area contributed by atoms with Crippen LogP contribution in [-0.4, -0.2) is 62.1 Å². The lowest BCUT2D eigenvalue weighted by atomic mass is 10.3. The molecule has 9 heteroatoms. The molecule has 0 bridgehead atoms. The lowest BCUT2D eigenvalue weighted by molar-refractivity contribution is -0.136. The van der Waals surface area contributed by atoms with E-state index in [-0.39, 0.29) is 18.0 Å². The molecule has 0 radical (unpaired) electrons. The van der Waals surface area contributed by atoms with Crippen molar-refractivity contribution in [2.75, 3.05) is 39.7 Å². The number of aromatic nitrogens is 1. The van der Waals surface area contributed by atoms with Gasteiger partial charge in [0.25, 0.3) is 5.91 Å². The normalized spacial score (nSPS) is 9.96. The zero-order valence-corrected chi connectivity index (χ0v) is 15.8. The van der Waals surface area contributed by atoms with Crippen molar-refractivity contribution in [3.63, 3.8) is 0 Å². The van der Waals surface area contributed by atoms with Crippen molar-refractivity contribution < 1.29 is 28.6 Å². The van der Waals surface area contributed by atoms with Crippen LogP contribution in [0.1, 0.15) is 10.4 Å². The zero-order chi connectivity index (χ0) is 20.5. The highest BCUT2D eigenvalue weighted by Crippen LogP contribution is 2.17. The van der Waals surface area contributed by atoms with Gasteiger partial charge in [0, 0.05) is 25.0 Å². The van der Waals surface area contributed by atoms with E-state index in [1.807, 2.05) is 0 Å². The number of nitrogens with one attached hydrogen (secondary N) is 1. The van der Waals surface area contributed by atoms with E-state index in [0.29, 0.717) is 11.4 Å². The van der Waals surface area contributed by atoms with Crippen molar-refractivity contribution in [1.82, 2.24) is 9.88 Å². The molecule has 0 spiro atoms. The lowest BCUT2D eigenvalue weighted by Gasteiger charge is -2.17. The van der Waals surface area contributed by atoms with Crippen LogP contribution in [-0.2, 0) is 14.3 Å². The molecule has 1 N–H and O–H groups in total. The van der Waals surface area contributed by atoms with Crippen LogP contribution in [0.3, 0.4) is 0 Å². The van der Waals surface area contributed by atoms with Crippen LogP contribution in [0.5, 0.6) is 11.6 Å². The molecule has 1 heterocycles. The number of likely N-dealkylation sites (N-methyl/N-ethyl adjacent to an activating group) is 1. The van der Waals surface area contributed by atoms with E-state index in [1.165, 1.54) is 33.5 Å².